The third kappa shape index (κ3) is 5.46. The smallest absolute Gasteiger partial charge is 0.869 e. The van der Waals surface area contributed by atoms with E-state index in [0.717, 1.165) is 12.0 Å². The first kappa shape index (κ1) is 27.3. The van der Waals surface area contributed by atoms with Gasteiger partial charge in [0.25, 0.3) is 0 Å². The van der Waals surface area contributed by atoms with Crippen molar-refractivity contribution in [2.24, 2.45) is 0 Å². The third-order valence-electron chi connectivity index (χ3n) is 5.43. The molecule has 0 saturated carbocycles. The SMILES string of the molecule is COCOc1cccc2c1C(=O)C([O-])=C(c1c(OCOC)cc(C)cc1C1OCCCO1)C2=O.[Na+]. The number of carbonyl (C=O) groups excluding carboxylic acids is 2. The van der Waals surface area contributed by atoms with Crippen molar-refractivity contribution in [1.29, 1.82) is 0 Å². The predicted molar refractivity (Wildman–Crippen MR) is 117 cm³/mol. The largest absolute Gasteiger partial charge is 1.00 e. The van der Waals surface area contributed by atoms with Gasteiger partial charge in [-0.25, -0.2) is 0 Å². The molecule has 2 aromatic carbocycles. The molecule has 0 amide bonds. The normalized spacial score (nSPS) is 16.1. The van der Waals surface area contributed by atoms with Gasteiger partial charge in [-0.3, -0.25) is 9.59 Å². The number of aryl methyl sites for hydroxylation is 1. The molecular formula is C25H25NaO9. The number of carbonyl (C=O) groups is 2. The van der Waals surface area contributed by atoms with Crippen molar-refractivity contribution in [2.45, 2.75) is 19.6 Å². The fraction of sp³-hybridized carbons (Fsp3) is 0.360. The van der Waals surface area contributed by atoms with E-state index in [9.17, 15) is 14.7 Å². The second-order valence-electron chi connectivity index (χ2n) is 7.80. The molecule has 180 valence electrons. The van der Waals surface area contributed by atoms with Crippen molar-refractivity contribution >= 4 is 17.1 Å². The van der Waals surface area contributed by atoms with Gasteiger partial charge < -0.3 is 33.5 Å². The van der Waals surface area contributed by atoms with Gasteiger partial charge in [-0.05, 0) is 36.8 Å². The van der Waals surface area contributed by atoms with Crippen LogP contribution in [0.15, 0.2) is 36.1 Å². The van der Waals surface area contributed by atoms with E-state index in [-0.39, 0.29) is 76.9 Å². The van der Waals surface area contributed by atoms with Gasteiger partial charge >= 0.3 is 29.6 Å². The van der Waals surface area contributed by atoms with E-state index >= 15 is 0 Å². The number of allylic oxidation sites excluding steroid dienone is 2. The average Bonchev–Trinajstić information content (AvgIpc) is 2.85. The molecule has 0 bridgehead atoms. The molecule has 9 nitrogen and oxygen atoms in total. The molecule has 0 radical (unpaired) electrons. The monoisotopic (exact) mass is 492 g/mol. The Hall–Kier alpha value is -2.24. The van der Waals surface area contributed by atoms with E-state index in [1.165, 1.54) is 26.4 Å². The van der Waals surface area contributed by atoms with Crippen LogP contribution in [-0.4, -0.2) is 52.6 Å². The number of fused-ring (bicyclic) bond motifs is 1. The molecular weight excluding hydrogens is 467 g/mol. The number of methoxy groups -OCH3 is 2. The maximum atomic E-state index is 13.7. The van der Waals surface area contributed by atoms with Gasteiger partial charge in [0.05, 0.1) is 18.8 Å². The second kappa shape index (κ2) is 12.1. The maximum absolute atomic E-state index is 13.7. The summed E-state index contributed by atoms with van der Waals surface area (Å²) < 4.78 is 32.7. The molecule has 0 unspecified atom stereocenters. The zero-order valence-electron chi connectivity index (χ0n) is 20.2. The summed E-state index contributed by atoms with van der Waals surface area (Å²) >= 11 is 0. The van der Waals surface area contributed by atoms with Crippen LogP contribution in [-0.2, 0) is 18.9 Å². The summed E-state index contributed by atoms with van der Waals surface area (Å²) in [5.41, 5.74) is 1.05. The summed E-state index contributed by atoms with van der Waals surface area (Å²) in [5.74, 6) is -2.12. The van der Waals surface area contributed by atoms with Crippen LogP contribution in [0.3, 0.4) is 0 Å². The van der Waals surface area contributed by atoms with E-state index in [2.05, 4.69) is 0 Å². The van der Waals surface area contributed by atoms with Gasteiger partial charge in [-0.15, -0.1) is 0 Å². The summed E-state index contributed by atoms with van der Waals surface area (Å²) in [5, 5.41) is 13.4. The van der Waals surface area contributed by atoms with Crippen LogP contribution in [0.4, 0.5) is 0 Å². The molecule has 0 aromatic heterocycles. The minimum atomic E-state index is -0.964. The number of ether oxygens (including phenoxy) is 6. The van der Waals surface area contributed by atoms with Crippen molar-refractivity contribution in [3.05, 3.63) is 63.9 Å². The Morgan fingerprint density at radius 2 is 1.60 bits per heavy atom. The molecule has 10 heteroatoms. The molecule has 1 heterocycles. The Labute approximate surface area is 225 Å². The molecule has 1 fully saturated rings. The van der Waals surface area contributed by atoms with Crippen LogP contribution in [0.25, 0.3) is 5.57 Å². The number of hydrogen-bond acceptors (Lipinski definition) is 9. The van der Waals surface area contributed by atoms with Crippen molar-refractivity contribution < 1.29 is 72.7 Å². The topological polar surface area (TPSA) is 113 Å². The zero-order valence-corrected chi connectivity index (χ0v) is 22.2. The third-order valence-corrected chi connectivity index (χ3v) is 5.43. The number of rotatable bonds is 8. The number of hydrogen-bond donors (Lipinski definition) is 0. The van der Waals surface area contributed by atoms with Crippen LogP contribution in [0, 0.1) is 6.92 Å². The minimum absolute atomic E-state index is 0. The molecule has 2 aliphatic rings. The predicted octanol–water partition coefficient (Wildman–Crippen LogP) is -0.449. The fourth-order valence-corrected chi connectivity index (χ4v) is 4.03. The summed E-state index contributed by atoms with van der Waals surface area (Å²) in [7, 11) is 2.88. The summed E-state index contributed by atoms with van der Waals surface area (Å²) in [6.07, 6.45) is -0.107. The van der Waals surface area contributed by atoms with Crippen molar-refractivity contribution in [1.82, 2.24) is 0 Å². The van der Waals surface area contributed by atoms with E-state index in [1.54, 1.807) is 18.2 Å². The summed E-state index contributed by atoms with van der Waals surface area (Å²) in [4.78, 5) is 26.9. The molecule has 1 saturated heterocycles. The van der Waals surface area contributed by atoms with Crippen molar-refractivity contribution in [3.63, 3.8) is 0 Å². The number of Topliss-reactive ketones (excluding diaryl/α,β-unsaturated/α-hetero) is 2. The van der Waals surface area contributed by atoms with Gasteiger partial charge in [-0.2, -0.15) is 0 Å². The first-order valence-corrected chi connectivity index (χ1v) is 10.7. The maximum Gasteiger partial charge on any atom is 1.00 e. The number of benzene rings is 2. The Bertz CT molecular complexity index is 1140. The Kier molecular flexibility index (Phi) is 9.48. The quantitative estimate of drug-likeness (QED) is 0.357. The summed E-state index contributed by atoms with van der Waals surface area (Å²) in [6, 6.07) is 8.01. The average molecular weight is 492 g/mol. The Morgan fingerprint density at radius 3 is 2.26 bits per heavy atom. The van der Waals surface area contributed by atoms with Crippen LogP contribution in [0.2, 0.25) is 0 Å². The Morgan fingerprint density at radius 1 is 0.943 bits per heavy atom. The van der Waals surface area contributed by atoms with E-state index in [4.69, 9.17) is 28.4 Å². The molecule has 4 rings (SSSR count). The van der Waals surface area contributed by atoms with Crippen LogP contribution in [0.1, 0.15) is 50.1 Å². The van der Waals surface area contributed by atoms with E-state index in [1.807, 2.05) is 6.92 Å². The minimum Gasteiger partial charge on any atom is -0.869 e. The van der Waals surface area contributed by atoms with Gasteiger partial charge in [-0.1, -0.05) is 18.2 Å². The van der Waals surface area contributed by atoms with Gasteiger partial charge in [0, 0.05) is 36.5 Å². The molecule has 2 aromatic rings. The molecule has 0 spiro atoms. The Balaban J connectivity index is 0.00000342. The van der Waals surface area contributed by atoms with Crippen molar-refractivity contribution in [3.8, 4) is 11.5 Å². The van der Waals surface area contributed by atoms with E-state index < -0.39 is 23.6 Å². The van der Waals surface area contributed by atoms with E-state index in [0.29, 0.717) is 18.8 Å². The second-order valence-corrected chi connectivity index (χ2v) is 7.80. The molecule has 0 N–H and O–H groups in total. The van der Waals surface area contributed by atoms with Crippen LogP contribution >= 0.6 is 0 Å². The first-order valence-electron chi connectivity index (χ1n) is 10.7. The molecule has 1 aliphatic heterocycles. The fourth-order valence-electron chi connectivity index (χ4n) is 4.03. The summed E-state index contributed by atoms with van der Waals surface area (Å²) in [6.45, 7) is 2.47. The standard InChI is InChI=1S/C25H26O9.Na/c1-14-10-16(25-31-8-5-9-32-25)19(18(11-14)34-13-30-3)21-22(26)15-6-4-7-17(33-12-29-2)20(15)23(27)24(21)28;/h4,6-7,10-11,25,28H,5,8-9,12-13H2,1-3H3;/q;+1/p-1. The van der Waals surface area contributed by atoms with Crippen molar-refractivity contribution in [2.75, 3.05) is 41.0 Å². The molecule has 1 aliphatic carbocycles. The first-order chi connectivity index (χ1) is 16.5. The van der Waals surface area contributed by atoms with Gasteiger partial charge in [0.2, 0.25) is 0 Å². The van der Waals surface area contributed by atoms with Gasteiger partial charge in [0.15, 0.2) is 31.4 Å². The van der Waals surface area contributed by atoms with Crippen LogP contribution < -0.4 is 44.1 Å². The van der Waals surface area contributed by atoms with Crippen LogP contribution in [0.5, 0.6) is 11.5 Å². The molecule has 0 atom stereocenters. The zero-order chi connectivity index (χ0) is 24.2. The number of ketones is 2. The van der Waals surface area contributed by atoms with Gasteiger partial charge in [0.1, 0.15) is 11.5 Å². The molecule has 35 heavy (non-hydrogen) atoms.